The maximum atomic E-state index is 12.5. The van der Waals surface area contributed by atoms with Gasteiger partial charge in [-0.1, -0.05) is 43.0 Å². The number of rotatable bonds is 7. The Labute approximate surface area is 194 Å². The van der Waals surface area contributed by atoms with E-state index in [1.807, 2.05) is 49.4 Å². The van der Waals surface area contributed by atoms with Gasteiger partial charge in [0.05, 0.1) is 19.8 Å². The van der Waals surface area contributed by atoms with Gasteiger partial charge in [-0.15, -0.1) is 0 Å². The predicted octanol–water partition coefficient (Wildman–Crippen LogP) is 1.58. The first-order valence-electron chi connectivity index (χ1n) is 10.9. The van der Waals surface area contributed by atoms with Crippen molar-refractivity contribution in [2.45, 2.75) is 31.5 Å². The van der Waals surface area contributed by atoms with E-state index >= 15 is 0 Å². The van der Waals surface area contributed by atoms with Gasteiger partial charge in [0, 0.05) is 24.1 Å². The van der Waals surface area contributed by atoms with Crippen LogP contribution in [0.25, 0.3) is 0 Å². The number of methoxy groups -OCH3 is 1. The fraction of sp³-hybridized carbons (Fsp3) is 0.423. The molecule has 1 amide bonds. The molecule has 0 bridgehead atoms. The van der Waals surface area contributed by atoms with Crippen LogP contribution in [0.4, 0.5) is 0 Å². The van der Waals surface area contributed by atoms with Crippen LogP contribution in [0.3, 0.4) is 0 Å². The SMILES string of the molecule is COc1ccc([C@]2([C@@H](C)O)CN(C(=O)[C@@H](O)CO)C[C@H]2C)cc1OCC#Cc1ccccc1. The number of nitrogens with zero attached hydrogens (tertiary/aromatic N) is 1. The topological polar surface area (TPSA) is 99.5 Å². The molecule has 0 radical (unpaired) electrons. The fourth-order valence-corrected chi connectivity index (χ4v) is 4.50. The zero-order valence-corrected chi connectivity index (χ0v) is 19.2. The first-order valence-corrected chi connectivity index (χ1v) is 10.9. The van der Waals surface area contributed by atoms with Crippen LogP contribution < -0.4 is 9.47 Å². The lowest BCUT2D eigenvalue weighted by Gasteiger charge is -2.37. The summed E-state index contributed by atoms with van der Waals surface area (Å²) in [5, 5.41) is 29.8. The Hall–Kier alpha value is -3.05. The first kappa shape index (κ1) is 24.6. The van der Waals surface area contributed by atoms with Crippen LogP contribution >= 0.6 is 0 Å². The number of amides is 1. The standard InChI is InChI=1S/C26H31NO6/c1-18-15-27(25(31)22(30)16-28)17-26(18,19(2)29)21-11-12-23(32-3)24(14-21)33-13-7-10-20-8-5-4-6-9-20/h4-6,8-9,11-12,14,18-19,22,28-30H,13,15-17H2,1-3H3/t18-,19-,22+,26-/m1/s1. The molecule has 7 nitrogen and oxygen atoms in total. The number of carbonyl (C=O) groups excluding carboxylic acids is 1. The van der Waals surface area contributed by atoms with Gasteiger partial charge in [-0.2, -0.15) is 0 Å². The van der Waals surface area contributed by atoms with E-state index in [9.17, 15) is 15.0 Å². The van der Waals surface area contributed by atoms with E-state index in [1.165, 1.54) is 4.90 Å². The van der Waals surface area contributed by atoms with Gasteiger partial charge in [-0.05, 0) is 42.7 Å². The molecule has 2 aromatic carbocycles. The van der Waals surface area contributed by atoms with Crippen molar-refractivity contribution < 1.29 is 29.6 Å². The predicted molar refractivity (Wildman–Crippen MR) is 124 cm³/mol. The molecule has 33 heavy (non-hydrogen) atoms. The number of likely N-dealkylation sites (tertiary alicyclic amines) is 1. The molecule has 0 unspecified atom stereocenters. The molecule has 1 saturated heterocycles. The van der Waals surface area contributed by atoms with Crippen LogP contribution in [0.5, 0.6) is 11.5 Å². The highest BCUT2D eigenvalue weighted by Gasteiger charge is 2.51. The molecule has 3 N–H and O–H groups in total. The summed E-state index contributed by atoms with van der Waals surface area (Å²) < 4.78 is 11.3. The lowest BCUT2D eigenvalue weighted by atomic mass is 9.69. The largest absolute Gasteiger partial charge is 0.493 e. The maximum Gasteiger partial charge on any atom is 0.253 e. The second kappa shape index (κ2) is 10.7. The second-order valence-electron chi connectivity index (χ2n) is 8.36. The van der Waals surface area contributed by atoms with E-state index in [0.717, 1.165) is 11.1 Å². The third-order valence-electron chi connectivity index (χ3n) is 6.35. The van der Waals surface area contributed by atoms with Crippen LogP contribution in [0, 0.1) is 17.8 Å². The fourth-order valence-electron chi connectivity index (χ4n) is 4.50. The van der Waals surface area contributed by atoms with Crippen LogP contribution in [-0.2, 0) is 10.2 Å². The Morgan fingerprint density at radius 2 is 1.94 bits per heavy atom. The molecule has 0 aromatic heterocycles. The summed E-state index contributed by atoms with van der Waals surface area (Å²) in [6.45, 7) is 3.73. The summed E-state index contributed by atoms with van der Waals surface area (Å²) in [5.41, 5.74) is 0.917. The minimum Gasteiger partial charge on any atom is -0.493 e. The lowest BCUT2D eigenvalue weighted by Crippen LogP contribution is -2.46. The molecular weight excluding hydrogens is 422 g/mol. The molecule has 3 rings (SSSR count). The first-order chi connectivity index (χ1) is 15.8. The zero-order chi connectivity index (χ0) is 24.0. The van der Waals surface area contributed by atoms with Crippen molar-refractivity contribution in [3.05, 3.63) is 59.7 Å². The van der Waals surface area contributed by atoms with Crippen molar-refractivity contribution in [3.8, 4) is 23.3 Å². The molecular formula is C26H31NO6. The average molecular weight is 454 g/mol. The number of aliphatic hydroxyl groups is 3. The summed E-state index contributed by atoms with van der Waals surface area (Å²) >= 11 is 0. The number of carbonyl (C=O) groups is 1. The van der Waals surface area contributed by atoms with Crippen LogP contribution in [0.2, 0.25) is 0 Å². The quantitative estimate of drug-likeness (QED) is 0.551. The molecule has 1 fully saturated rings. The van der Waals surface area contributed by atoms with Crippen molar-refractivity contribution in [1.29, 1.82) is 0 Å². The maximum absolute atomic E-state index is 12.5. The molecule has 2 aromatic rings. The summed E-state index contributed by atoms with van der Waals surface area (Å²) in [7, 11) is 1.55. The molecule has 1 heterocycles. The van der Waals surface area contributed by atoms with Crippen molar-refractivity contribution in [1.82, 2.24) is 4.90 Å². The third-order valence-corrected chi connectivity index (χ3v) is 6.35. The lowest BCUT2D eigenvalue weighted by molar-refractivity contribution is -0.141. The van der Waals surface area contributed by atoms with Gasteiger partial charge in [-0.25, -0.2) is 0 Å². The van der Waals surface area contributed by atoms with Crippen LogP contribution in [-0.4, -0.2) is 71.7 Å². The van der Waals surface area contributed by atoms with E-state index in [4.69, 9.17) is 14.6 Å². The Morgan fingerprint density at radius 3 is 2.58 bits per heavy atom. The zero-order valence-electron chi connectivity index (χ0n) is 19.2. The van der Waals surface area contributed by atoms with Gasteiger partial charge in [0.2, 0.25) is 0 Å². The minimum atomic E-state index is -1.47. The molecule has 1 aliphatic rings. The van der Waals surface area contributed by atoms with Gasteiger partial charge < -0.3 is 29.7 Å². The number of aliphatic hydroxyl groups excluding tert-OH is 3. The molecule has 0 saturated carbocycles. The van der Waals surface area contributed by atoms with Gasteiger partial charge in [-0.3, -0.25) is 4.79 Å². The molecule has 0 aliphatic carbocycles. The Kier molecular flexibility index (Phi) is 7.98. The summed E-state index contributed by atoms with van der Waals surface area (Å²) in [4.78, 5) is 14.0. The van der Waals surface area contributed by atoms with Crippen molar-refractivity contribution in [2.24, 2.45) is 5.92 Å². The Bertz CT molecular complexity index is 1010. The third kappa shape index (κ3) is 5.14. The number of hydrogen-bond donors (Lipinski definition) is 3. The van der Waals surface area contributed by atoms with Gasteiger partial charge in [0.25, 0.3) is 5.91 Å². The van der Waals surface area contributed by atoms with Gasteiger partial charge >= 0.3 is 0 Å². The normalized spacial score (nSPS) is 21.6. The smallest absolute Gasteiger partial charge is 0.253 e. The van der Waals surface area contributed by atoms with E-state index in [0.29, 0.717) is 18.0 Å². The van der Waals surface area contributed by atoms with Gasteiger partial charge in [0.1, 0.15) is 6.61 Å². The van der Waals surface area contributed by atoms with E-state index in [2.05, 4.69) is 11.8 Å². The average Bonchev–Trinajstić information content (AvgIpc) is 3.19. The summed E-state index contributed by atoms with van der Waals surface area (Å²) in [5.74, 6) is 6.41. The highest BCUT2D eigenvalue weighted by molar-refractivity contribution is 5.81. The van der Waals surface area contributed by atoms with E-state index in [-0.39, 0.29) is 19.1 Å². The molecule has 4 atom stereocenters. The number of hydrogen-bond acceptors (Lipinski definition) is 6. The van der Waals surface area contributed by atoms with Gasteiger partial charge in [0.15, 0.2) is 17.6 Å². The van der Waals surface area contributed by atoms with Crippen molar-refractivity contribution >= 4 is 5.91 Å². The van der Waals surface area contributed by atoms with E-state index in [1.54, 1.807) is 20.1 Å². The molecule has 7 heteroatoms. The number of benzene rings is 2. The number of ether oxygens (including phenoxy) is 2. The Morgan fingerprint density at radius 1 is 1.21 bits per heavy atom. The molecule has 176 valence electrons. The van der Waals surface area contributed by atoms with Crippen LogP contribution in [0.1, 0.15) is 25.0 Å². The molecule has 1 aliphatic heterocycles. The van der Waals surface area contributed by atoms with Crippen LogP contribution in [0.15, 0.2) is 48.5 Å². The van der Waals surface area contributed by atoms with E-state index < -0.39 is 30.1 Å². The summed E-state index contributed by atoms with van der Waals surface area (Å²) in [6, 6.07) is 15.1. The van der Waals surface area contributed by atoms with Crippen molar-refractivity contribution in [3.63, 3.8) is 0 Å². The van der Waals surface area contributed by atoms with Crippen molar-refractivity contribution in [2.75, 3.05) is 33.4 Å². The highest BCUT2D eigenvalue weighted by atomic mass is 16.5. The molecule has 0 spiro atoms. The highest BCUT2D eigenvalue weighted by Crippen LogP contribution is 2.44. The summed E-state index contributed by atoms with van der Waals surface area (Å²) in [6.07, 6.45) is -2.25. The Balaban J connectivity index is 1.87. The monoisotopic (exact) mass is 453 g/mol. The second-order valence-corrected chi connectivity index (χ2v) is 8.36. The minimum absolute atomic E-state index is 0.105.